The summed E-state index contributed by atoms with van der Waals surface area (Å²) in [5.74, 6) is 2.12. The van der Waals surface area contributed by atoms with E-state index in [0.717, 1.165) is 0 Å². The Morgan fingerprint density at radius 2 is 2.14 bits per heavy atom. The monoisotopic (exact) mass is 199 g/mol. The number of terminal acetylenes is 1. The Hall–Kier alpha value is -1.21. The van der Waals surface area contributed by atoms with Crippen molar-refractivity contribution in [1.29, 1.82) is 0 Å². The quantitative estimate of drug-likeness (QED) is 0.671. The van der Waals surface area contributed by atoms with Gasteiger partial charge in [-0.25, -0.2) is 4.79 Å². The molecule has 0 aromatic rings. The molecule has 14 heavy (non-hydrogen) atoms. The number of aliphatic hydroxyl groups is 1. The maximum atomic E-state index is 11.3. The molecule has 0 rings (SSSR count). The number of ether oxygens (including phenoxy) is 1. The Kier molecular flexibility index (Phi) is 4.45. The van der Waals surface area contributed by atoms with Crippen LogP contribution in [0.2, 0.25) is 0 Å². The predicted molar refractivity (Wildman–Crippen MR) is 53.7 cm³/mol. The van der Waals surface area contributed by atoms with Gasteiger partial charge in [-0.2, -0.15) is 0 Å². The summed E-state index contributed by atoms with van der Waals surface area (Å²) in [6, 6.07) is 0. The van der Waals surface area contributed by atoms with Crippen LogP contribution in [0.25, 0.3) is 0 Å². The fourth-order valence-electron chi connectivity index (χ4n) is 0.726. The van der Waals surface area contributed by atoms with E-state index in [0.29, 0.717) is 0 Å². The number of hydrogen-bond acceptors (Lipinski definition) is 3. The van der Waals surface area contributed by atoms with Crippen molar-refractivity contribution < 1.29 is 14.6 Å². The molecule has 1 amide bonds. The van der Waals surface area contributed by atoms with Crippen LogP contribution in [-0.2, 0) is 4.74 Å². The van der Waals surface area contributed by atoms with Crippen molar-refractivity contribution in [3.63, 3.8) is 0 Å². The van der Waals surface area contributed by atoms with Crippen LogP contribution in [0.3, 0.4) is 0 Å². The molecule has 0 heterocycles. The lowest BCUT2D eigenvalue weighted by Gasteiger charge is -2.25. The maximum absolute atomic E-state index is 11.3. The second-order valence-electron chi connectivity index (χ2n) is 4.04. The Labute approximate surface area is 84.9 Å². The molecule has 0 aromatic carbocycles. The van der Waals surface area contributed by atoms with Gasteiger partial charge in [0.1, 0.15) is 11.7 Å². The standard InChI is InChI=1S/C10H17NO3/c1-6-8(12)7-11(5)9(13)14-10(2,3)4/h1,8,12H,7H2,2-5H3. The van der Waals surface area contributed by atoms with Gasteiger partial charge in [-0.05, 0) is 20.8 Å². The molecule has 0 aliphatic rings. The number of hydrogen-bond donors (Lipinski definition) is 1. The fraction of sp³-hybridized carbons (Fsp3) is 0.700. The van der Waals surface area contributed by atoms with Gasteiger partial charge in [-0.1, -0.05) is 5.92 Å². The highest BCUT2D eigenvalue weighted by Gasteiger charge is 2.20. The van der Waals surface area contributed by atoms with E-state index < -0.39 is 17.8 Å². The van der Waals surface area contributed by atoms with Crippen molar-refractivity contribution in [3.8, 4) is 12.3 Å². The summed E-state index contributed by atoms with van der Waals surface area (Å²) in [6.07, 6.45) is 3.52. The van der Waals surface area contributed by atoms with Gasteiger partial charge in [0.05, 0.1) is 6.54 Å². The summed E-state index contributed by atoms with van der Waals surface area (Å²) < 4.78 is 5.05. The van der Waals surface area contributed by atoms with Crippen LogP contribution in [-0.4, -0.2) is 41.4 Å². The topological polar surface area (TPSA) is 49.8 Å². The number of likely N-dealkylation sites (N-methyl/N-ethyl adjacent to an activating group) is 1. The predicted octanol–water partition coefficient (Wildman–Crippen LogP) is 0.847. The molecule has 80 valence electrons. The van der Waals surface area contributed by atoms with Crippen LogP contribution < -0.4 is 0 Å². The van der Waals surface area contributed by atoms with E-state index in [-0.39, 0.29) is 6.54 Å². The highest BCUT2D eigenvalue weighted by Crippen LogP contribution is 2.09. The second-order valence-corrected chi connectivity index (χ2v) is 4.04. The third-order valence-electron chi connectivity index (χ3n) is 1.34. The number of amides is 1. The molecule has 1 atom stereocenters. The molecule has 0 saturated heterocycles. The molecule has 0 spiro atoms. The zero-order valence-corrected chi connectivity index (χ0v) is 9.07. The average Bonchev–Trinajstić information content (AvgIpc) is 2.00. The van der Waals surface area contributed by atoms with Gasteiger partial charge in [0.25, 0.3) is 0 Å². The minimum Gasteiger partial charge on any atom is -0.444 e. The molecular formula is C10H17NO3. The van der Waals surface area contributed by atoms with E-state index in [2.05, 4.69) is 5.92 Å². The second kappa shape index (κ2) is 4.87. The molecule has 0 saturated carbocycles. The van der Waals surface area contributed by atoms with Crippen molar-refractivity contribution in [2.45, 2.75) is 32.5 Å². The summed E-state index contributed by atoms with van der Waals surface area (Å²) in [7, 11) is 1.52. The SMILES string of the molecule is C#CC(O)CN(C)C(=O)OC(C)(C)C. The largest absolute Gasteiger partial charge is 0.444 e. The van der Waals surface area contributed by atoms with E-state index >= 15 is 0 Å². The van der Waals surface area contributed by atoms with Crippen LogP contribution in [0.15, 0.2) is 0 Å². The lowest BCUT2D eigenvalue weighted by Crippen LogP contribution is -2.38. The van der Waals surface area contributed by atoms with E-state index in [4.69, 9.17) is 16.3 Å². The Balaban J connectivity index is 4.08. The molecule has 0 radical (unpaired) electrons. The molecule has 0 fully saturated rings. The van der Waals surface area contributed by atoms with Crippen molar-refractivity contribution in [2.24, 2.45) is 0 Å². The molecule has 4 heteroatoms. The first kappa shape index (κ1) is 12.8. The summed E-state index contributed by atoms with van der Waals surface area (Å²) in [4.78, 5) is 12.6. The molecule has 1 N–H and O–H groups in total. The molecular weight excluding hydrogens is 182 g/mol. The molecule has 4 nitrogen and oxygen atoms in total. The number of rotatable bonds is 2. The Morgan fingerprint density at radius 1 is 1.64 bits per heavy atom. The van der Waals surface area contributed by atoms with E-state index in [1.807, 2.05) is 0 Å². The van der Waals surface area contributed by atoms with Gasteiger partial charge in [0.2, 0.25) is 0 Å². The average molecular weight is 199 g/mol. The highest BCUT2D eigenvalue weighted by molar-refractivity contribution is 5.67. The van der Waals surface area contributed by atoms with Crippen LogP contribution in [0, 0.1) is 12.3 Å². The number of aliphatic hydroxyl groups excluding tert-OH is 1. The highest BCUT2D eigenvalue weighted by atomic mass is 16.6. The zero-order valence-electron chi connectivity index (χ0n) is 9.07. The number of carbonyl (C=O) groups excluding carboxylic acids is 1. The van der Waals surface area contributed by atoms with Gasteiger partial charge >= 0.3 is 6.09 Å². The Bertz CT molecular complexity index is 237. The number of nitrogens with zero attached hydrogens (tertiary/aromatic N) is 1. The third kappa shape index (κ3) is 5.44. The number of carbonyl (C=O) groups is 1. The van der Waals surface area contributed by atoms with Crippen molar-refractivity contribution in [1.82, 2.24) is 4.90 Å². The summed E-state index contributed by atoms with van der Waals surface area (Å²) >= 11 is 0. The molecule has 0 aliphatic carbocycles. The molecule has 0 aliphatic heterocycles. The zero-order chi connectivity index (χ0) is 11.4. The molecule has 1 unspecified atom stereocenters. The fourth-order valence-corrected chi connectivity index (χ4v) is 0.726. The van der Waals surface area contributed by atoms with Crippen molar-refractivity contribution >= 4 is 6.09 Å². The van der Waals surface area contributed by atoms with Crippen LogP contribution >= 0.6 is 0 Å². The molecule has 0 aromatic heterocycles. The van der Waals surface area contributed by atoms with E-state index in [1.54, 1.807) is 20.8 Å². The maximum Gasteiger partial charge on any atom is 0.410 e. The first-order valence-electron chi connectivity index (χ1n) is 4.34. The normalized spacial score (nSPS) is 12.9. The van der Waals surface area contributed by atoms with E-state index in [9.17, 15) is 4.79 Å². The summed E-state index contributed by atoms with van der Waals surface area (Å²) in [5, 5.41) is 9.09. The van der Waals surface area contributed by atoms with Gasteiger partial charge in [0, 0.05) is 7.05 Å². The van der Waals surface area contributed by atoms with Crippen molar-refractivity contribution in [3.05, 3.63) is 0 Å². The Morgan fingerprint density at radius 3 is 2.50 bits per heavy atom. The van der Waals surface area contributed by atoms with Gasteiger partial charge < -0.3 is 14.7 Å². The van der Waals surface area contributed by atoms with Crippen LogP contribution in [0.5, 0.6) is 0 Å². The third-order valence-corrected chi connectivity index (χ3v) is 1.34. The van der Waals surface area contributed by atoms with Crippen molar-refractivity contribution in [2.75, 3.05) is 13.6 Å². The van der Waals surface area contributed by atoms with E-state index in [1.165, 1.54) is 11.9 Å². The first-order valence-corrected chi connectivity index (χ1v) is 4.34. The minimum atomic E-state index is -0.951. The van der Waals surface area contributed by atoms with Gasteiger partial charge in [-0.3, -0.25) is 0 Å². The first-order chi connectivity index (χ1) is 6.26. The van der Waals surface area contributed by atoms with Crippen LogP contribution in [0.4, 0.5) is 4.79 Å². The molecule has 0 bridgehead atoms. The smallest absolute Gasteiger partial charge is 0.410 e. The lowest BCUT2D eigenvalue weighted by atomic mass is 10.2. The summed E-state index contributed by atoms with van der Waals surface area (Å²) in [5.41, 5.74) is -0.535. The lowest BCUT2D eigenvalue weighted by molar-refractivity contribution is 0.0244. The van der Waals surface area contributed by atoms with Gasteiger partial charge in [0.15, 0.2) is 0 Å². The summed E-state index contributed by atoms with van der Waals surface area (Å²) in [6.45, 7) is 5.40. The van der Waals surface area contributed by atoms with Gasteiger partial charge in [-0.15, -0.1) is 6.42 Å². The minimum absolute atomic E-state index is 0.0748. The van der Waals surface area contributed by atoms with Crippen LogP contribution in [0.1, 0.15) is 20.8 Å².